The van der Waals surface area contributed by atoms with Crippen molar-refractivity contribution in [2.24, 2.45) is 0 Å². The molecular weight excluding hydrogens is 275 g/mol. The van der Waals surface area contributed by atoms with Crippen molar-refractivity contribution < 1.29 is 18.7 Å². The molecule has 1 aromatic heterocycles. The molecular formula is C15H13FN2O3. The van der Waals surface area contributed by atoms with Crippen LogP contribution < -0.4 is 5.32 Å². The minimum atomic E-state index is -0.696. The summed E-state index contributed by atoms with van der Waals surface area (Å²) in [6.07, 6.45) is 2.31. The van der Waals surface area contributed by atoms with Crippen molar-refractivity contribution >= 4 is 17.6 Å². The number of carbonyl (C=O) groups is 2. The lowest BCUT2D eigenvalue weighted by molar-refractivity contribution is 0.0526. The number of amides is 1. The van der Waals surface area contributed by atoms with Crippen molar-refractivity contribution in [2.75, 3.05) is 11.9 Å². The van der Waals surface area contributed by atoms with E-state index in [0.717, 1.165) is 6.20 Å². The molecule has 0 fully saturated rings. The van der Waals surface area contributed by atoms with Gasteiger partial charge in [-0.2, -0.15) is 0 Å². The molecule has 0 atom stereocenters. The molecule has 0 aliphatic heterocycles. The maximum atomic E-state index is 13.4. The average Bonchev–Trinajstić information content (AvgIpc) is 2.48. The summed E-state index contributed by atoms with van der Waals surface area (Å²) in [6, 6.07) is 7.43. The van der Waals surface area contributed by atoms with Crippen LogP contribution in [0.3, 0.4) is 0 Å². The standard InChI is InChI=1S/C15H13FN2O3/c1-2-21-15(20)10-3-5-11(6-4-10)18-14(19)12-7-8-17-9-13(12)16/h3-9H,2H2,1H3,(H,18,19). The van der Waals surface area contributed by atoms with Gasteiger partial charge in [0.15, 0.2) is 5.82 Å². The first-order valence-electron chi connectivity index (χ1n) is 6.30. The molecule has 0 spiro atoms. The highest BCUT2D eigenvalue weighted by atomic mass is 19.1. The number of carbonyl (C=O) groups excluding carboxylic acids is 2. The molecule has 0 unspecified atom stereocenters. The lowest BCUT2D eigenvalue weighted by Crippen LogP contribution is -2.14. The first-order chi connectivity index (χ1) is 10.1. The predicted octanol–water partition coefficient (Wildman–Crippen LogP) is 2.65. The number of ether oxygens (including phenoxy) is 1. The SMILES string of the molecule is CCOC(=O)c1ccc(NC(=O)c2ccncc2F)cc1. The Bertz CT molecular complexity index is 656. The highest BCUT2D eigenvalue weighted by Crippen LogP contribution is 2.13. The maximum absolute atomic E-state index is 13.4. The van der Waals surface area contributed by atoms with Crippen LogP contribution in [0.2, 0.25) is 0 Å². The summed E-state index contributed by atoms with van der Waals surface area (Å²) in [4.78, 5) is 26.9. The van der Waals surface area contributed by atoms with Crippen molar-refractivity contribution in [3.8, 4) is 0 Å². The first kappa shape index (κ1) is 14.6. The van der Waals surface area contributed by atoms with E-state index in [4.69, 9.17) is 4.74 Å². The quantitative estimate of drug-likeness (QED) is 0.878. The molecule has 1 heterocycles. The van der Waals surface area contributed by atoms with Crippen molar-refractivity contribution in [3.05, 3.63) is 59.7 Å². The van der Waals surface area contributed by atoms with Crippen LogP contribution in [0.4, 0.5) is 10.1 Å². The van der Waals surface area contributed by atoms with E-state index in [0.29, 0.717) is 17.9 Å². The van der Waals surface area contributed by atoms with E-state index in [1.165, 1.54) is 24.4 Å². The zero-order valence-electron chi connectivity index (χ0n) is 11.3. The number of hydrogen-bond donors (Lipinski definition) is 1. The number of benzene rings is 1. The summed E-state index contributed by atoms with van der Waals surface area (Å²) in [5, 5.41) is 2.54. The Labute approximate surface area is 120 Å². The molecule has 0 aliphatic rings. The van der Waals surface area contributed by atoms with E-state index in [2.05, 4.69) is 10.3 Å². The summed E-state index contributed by atoms with van der Waals surface area (Å²) < 4.78 is 18.3. The fourth-order valence-corrected chi connectivity index (χ4v) is 1.66. The van der Waals surface area contributed by atoms with E-state index in [1.807, 2.05) is 0 Å². The average molecular weight is 288 g/mol. The Hall–Kier alpha value is -2.76. The molecule has 108 valence electrons. The van der Waals surface area contributed by atoms with Crippen LogP contribution in [-0.4, -0.2) is 23.5 Å². The fourth-order valence-electron chi connectivity index (χ4n) is 1.66. The second kappa shape index (κ2) is 6.60. The van der Waals surface area contributed by atoms with Crippen LogP contribution in [0, 0.1) is 5.82 Å². The van der Waals surface area contributed by atoms with Gasteiger partial charge in [-0.25, -0.2) is 9.18 Å². The van der Waals surface area contributed by atoms with E-state index < -0.39 is 17.7 Å². The lowest BCUT2D eigenvalue weighted by Gasteiger charge is -2.07. The van der Waals surface area contributed by atoms with Gasteiger partial charge in [0.2, 0.25) is 0 Å². The lowest BCUT2D eigenvalue weighted by atomic mass is 10.2. The van der Waals surface area contributed by atoms with Crippen molar-refractivity contribution in [1.82, 2.24) is 4.98 Å². The second-order valence-electron chi connectivity index (χ2n) is 4.11. The summed E-state index contributed by atoms with van der Waals surface area (Å²) in [7, 11) is 0. The van der Waals surface area contributed by atoms with Gasteiger partial charge in [-0.05, 0) is 37.3 Å². The zero-order valence-corrected chi connectivity index (χ0v) is 11.3. The van der Waals surface area contributed by atoms with E-state index in [-0.39, 0.29) is 5.56 Å². The molecule has 1 aromatic carbocycles. The third kappa shape index (κ3) is 3.62. The molecule has 0 radical (unpaired) electrons. The van der Waals surface area contributed by atoms with Crippen molar-refractivity contribution in [3.63, 3.8) is 0 Å². The first-order valence-corrected chi connectivity index (χ1v) is 6.30. The predicted molar refractivity (Wildman–Crippen MR) is 74.5 cm³/mol. The summed E-state index contributed by atoms with van der Waals surface area (Å²) in [5.41, 5.74) is 0.730. The Balaban J connectivity index is 2.09. The van der Waals surface area contributed by atoms with Gasteiger partial charge < -0.3 is 10.1 Å². The molecule has 1 amide bonds. The molecule has 2 rings (SSSR count). The van der Waals surface area contributed by atoms with Gasteiger partial charge >= 0.3 is 5.97 Å². The van der Waals surface area contributed by atoms with Crippen molar-refractivity contribution in [1.29, 1.82) is 0 Å². The molecule has 2 aromatic rings. The van der Waals surface area contributed by atoms with Crippen LogP contribution in [-0.2, 0) is 4.74 Å². The van der Waals surface area contributed by atoms with E-state index >= 15 is 0 Å². The Kier molecular flexibility index (Phi) is 4.61. The molecule has 5 nitrogen and oxygen atoms in total. The molecule has 6 heteroatoms. The number of halogens is 1. The van der Waals surface area contributed by atoms with Crippen LogP contribution in [0.15, 0.2) is 42.7 Å². The van der Waals surface area contributed by atoms with Crippen LogP contribution in [0.1, 0.15) is 27.6 Å². The Morgan fingerprint density at radius 1 is 1.24 bits per heavy atom. The summed E-state index contributed by atoms with van der Waals surface area (Å²) in [6.45, 7) is 2.01. The molecule has 1 N–H and O–H groups in total. The Morgan fingerprint density at radius 2 is 1.95 bits per heavy atom. The number of aromatic nitrogens is 1. The van der Waals surface area contributed by atoms with Gasteiger partial charge in [0.05, 0.1) is 23.9 Å². The van der Waals surface area contributed by atoms with Gasteiger partial charge in [-0.15, -0.1) is 0 Å². The van der Waals surface area contributed by atoms with Crippen LogP contribution >= 0.6 is 0 Å². The Morgan fingerprint density at radius 3 is 2.57 bits per heavy atom. The molecule has 0 aliphatic carbocycles. The van der Waals surface area contributed by atoms with Gasteiger partial charge in [0.1, 0.15) is 0 Å². The van der Waals surface area contributed by atoms with Gasteiger partial charge in [-0.3, -0.25) is 9.78 Å². The number of hydrogen-bond acceptors (Lipinski definition) is 4. The maximum Gasteiger partial charge on any atom is 0.338 e. The molecule has 21 heavy (non-hydrogen) atoms. The fraction of sp³-hybridized carbons (Fsp3) is 0.133. The number of rotatable bonds is 4. The molecule has 0 saturated carbocycles. The largest absolute Gasteiger partial charge is 0.462 e. The molecule has 0 saturated heterocycles. The number of pyridine rings is 1. The third-order valence-electron chi connectivity index (χ3n) is 2.67. The smallest absolute Gasteiger partial charge is 0.338 e. The highest BCUT2D eigenvalue weighted by Gasteiger charge is 2.12. The zero-order chi connectivity index (χ0) is 15.2. The third-order valence-corrected chi connectivity index (χ3v) is 2.67. The second-order valence-corrected chi connectivity index (χ2v) is 4.11. The highest BCUT2D eigenvalue weighted by molar-refractivity contribution is 6.04. The topological polar surface area (TPSA) is 68.3 Å². The van der Waals surface area contributed by atoms with Gasteiger partial charge in [0, 0.05) is 11.9 Å². The monoisotopic (exact) mass is 288 g/mol. The summed E-state index contributed by atoms with van der Waals surface area (Å²) in [5.74, 6) is -1.72. The number of esters is 1. The van der Waals surface area contributed by atoms with Crippen molar-refractivity contribution in [2.45, 2.75) is 6.92 Å². The van der Waals surface area contributed by atoms with Gasteiger partial charge in [0.25, 0.3) is 5.91 Å². The van der Waals surface area contributed by atoms with Crippen LogP contribution in [0.5, 0.6) is 0 Å². The number of nitrogens with zero attached hydrogens (tertiary/aromatic N) is 1. The van der Waals surface area contributed by atoms with E-state index in [9.17, 15) is 14.0 Å². The number of anilines is 1. The summed E-state index contributed by atoms with van der Waals surface area (Å²) >= 11 is 0. The minimum absolute atomic E-state index is 0.0977. The van der Waals surface area contributed by atoms with Gasteiger partial charge in [-0.1, -0.05) is 0 Å². The van der Waals surface area contributed by atoms with Crippen LogP contribution in [0.25, 0.3) is 0 Å². The van der Waals surface area contributed by atoms with E-state index in [1.54, 1.807) is 19.1 Å². The normalized spacial score (nSPS) is 10.0. The minimum Gasteiger partial charge on any atom is -0.462 e. The number of nitrogens with one attached hydrogen (secondary N) is 1. The molecule has 0 bridgehead atoms.